The molecule has 3 heterocycles. The van der Waals surface area contributed by atoms with Gasteiger partial charge in [0.1, 0.15) is 10.6 Å². The summed E-state index contributed by atoms with van der Waals surface area (Å²) >= 11 is 1.48. The van der Waals surface area contributed by atoms with Crippen molar-refractivity contribution < 1.29 is 4.42 Å². The summed E-state index contributed by atoms with van der Waals surface area (Å²) in [5.41, 5.74) is 4.27. The van der Waals surface area contributed by atoms with E-state index in [1.807, 2.05) is 30.5 Å². The molecular weight excluding hydrogens is 320 g/mol. The molecule has 1 N–H and O–H groups in total. The Morgan fingerprint density at radius 1 is 1.08 bits per heavy atom. The highest BCUT2D eigenvalue weighted by Gasteiger charge is 2.15. The third kappa shape index (κ3) is 2.37. The van der Waals surface area contributed by atoms with Crippen molar-refractivity contribution in [3.05, 3.63) is 63.0 Å². The maximum Gasteiger partial charge on any atom is 0.260 e. The monoisotopic (exact) mass is 336 g/mol. The minimum absolute atomic E-state index is 0.140. The molecule has 0 unspecified atom stereocenters. The summed E-state index contributed by atoms with van der Waals surface area (Å²) in [4.78, 5) is 20.8. The zero-order chi connectivity index (χ0) is 16.8. The van der Waals surface area contributed by atoms with E-state index in [-0.39, 0.29) is 5.56 Å². The Morgan fingerprint density at radius 2 is 1.92 bits per heavy atom. The summed E-state index contributed by atoms with van der Waals surface area (Å²) in [6.45, 7) is 6.02. The van der Waals surface area contributed by atoms with E-state index < -0.39 is 0 Å². The first kappa shape index (κ1) is 14.9. The van der Waals surface area contributed by atoms with Gasteiger partial charge in [0.05, 0.1) is 5.39 Å². The highest BCUT2D eigenvalue weighted by Crippen LogP contribution is 2.32. The van der Waals surface area contributed by atoms with Crippen molar-refractivity contribution in [2.24, 2.45) is 0 Å². The first-order valence-electron chi connectivity index (χ1n) is 7.69. The third-order valence-electron chi connectivity index (χ3n) is 4.24. The molecule has 0 saturated heterocycles. The van der Waals surface area contributed by atoms with Gasteiger partial charge in [-0.2, -0.15) is 0 Å². The Labute approximate surface area is 142 Å². The SMILES string of the molecule is Cc1ccc(-c2nc3scc(-c4ccc(C)c(C)c4)c3c(=O)[nH]2)o1. The van der Waals surface area contributed by atoms with Crippen LogP contribution in [0.1, 0.15) is 16.9 Å². The largest absolute Gasteiger partial charge is 0.458 e. The Hall–Kier alpha value is -2.66. The quantitative estimate of drug-likeness (QED) is 0.570. The maximum absolute atomic E-state index is 12.7. The number of benzene rings is 1. The average Bonchev–Trinajstić information content (AvgIpc) is 3.16. The number of aromatic amines is 1. The van der Waals surface area contributed by atoms with Gasteiger partial charge in [0, 0.05) is 10.9 Å². The van der Waals surface area contributed by atoms with Gasteiger partial charge in [-0.3, -0.25) is 4.79 Å². The van der Waals surface area contributed by atoms with Gasteiger partial charge in [-0.25, -0.2) is 4.98 Å². The van der Waals surface area contributed by atoms with Crippen LogP contribution < -0.4 is 5.56 Å². The summed E-state index contributed by atoms with van der Waals surface area (Å²) in [5.74, 6) is 1.83. The predicted molar refractivity (Wildman–Crippen MR) is 97.6 cm³/mol. The second-order valence-corrected chi connectivity index (χ2v) is 6.81. The summed E-state index contributed by atoms with van der Waals surface area (Å²) in [5, 5.41) is 2.63. The summed E-state index contributed by atoms with van der Waals surface area (Å²) < 4.78 is 5.57. The number of aryl methyl sites for hydroxylation is 3. The molecule has 0 amide bonds. The molecule has 120 valence electrons. The van der Waals surface area contributed by atoms with E-state index in [9.17, 15) is 4.79 Å². The van der Waals surface area contributed by atoms with E-state index in [4.69, 9.17) is 4.42 Å². The molecule has 1 aromatic carbocycles. The van der Waals surface area contributed by atoms with E-state index in [1.165, 1.54) is 22.5 Å². The zero-order valence-corrected chi connectivity index (χ0v) is 14.5. The molecule has 0 fully saturated rings. The van der Waals surface area contributed by atoms with Crippen molar-refractivity contribution in [1.29, 1.82) is 0 Å². The van der Waals surface area contributed by atoms with Gasteiger partial charge >= 0.3 is 0 Å². The first-order valence-corrected chi connectivity index (χ1v) is 8.57. The van der Waals surface area contributed by atoms with Crippen LogP contribution >= 0.6 is 11.3 Å². The molecule has 0 atom stereocenters. The van der Waals surface area contributed by atoms with Gasteiger partial charge in [-0.1, -0.05) is 18.2 Å². The minimum Gasteiger partial charge on any atom is -0.458 e. The van der Waals surface area contributed by atoms with E-state index >= 15 is 0 Å². The number of furan rings is 1. The van der Waals surface area contributed by atoms with Crippen LogP contribution in [0.2, 0.25) is 0 Å². The molecule has 3 aromatic heterocycles. The molecule has 0 aliphatic heterocycles. The van der Waals surface area contributed by atoms with Crippen molar-refractivity contribution in [1.82, 2.24) is 9.97 Å². The Morgan fingerprint density at radius 3 is 2.62 bits per heavy atom. The number of aromatic nitrogens is 2. The molecule has 0 saturated carbocycles. The molecule has 4 rings (SSSR count). The van der Waals surface area contributed by atoms with Gasteiger partial charge in [0.2, 0.25) is 0 Å². The predicted octanol–water partition coefficient (Wildman–Crippen LogP) is 4.84. The van der Waals surface area contributed by atoms with Gasteiger partial charge in [-0.15, -0.1) is 11.3 Å². The number of nitrogens with one attached hydrogen (secondary N) is 1. The molecule has 4 aromatic rings. The molecule has 0 spiro atoms. The number of nitrogens with zero attached hydrogens (tertiary/aromatic N) is 1. The lowest BCUT2D eigenvalue weighted by Crippen LogP contribution is -2.08. The second-order valence-electron chi connectivity index (χ2n) is 5.95. The number of fused-ring (bicyclic) bond motifs is 1. The molecule has 5 heteroatoms. The van der Waals surface area contributed by atoms with E-state index in [2.05, 4.69) is 35.9 Å². The fraction of sp³-hybridized carbons (Fsp3) is 0.158. The maximum atomic E-state index is 12.7. The van der Waals surface area contributed by atoms with E-state index in [1.54, 1.807) is 0 Å². The fourth-order valence-electron chi connectivity index (χ4n) is 2.75. The van der Waals surface area contributed by atoms with E-state index in [0.29, 0.717) is 17.0 Å². The van der Waals surface area contributed by atoms with Crippen LogP contribution in [0.5, 0.6) is 0 Å². The van der Waals surface area contributed by atoms with Crippen LogP contribution in [0, 0.1) is 20.8 Å². The standard InChI is InChI=1S/C19H16N2O2S/c1-10-4-6-13(8-11(10)2)14-9-24-19-16(14)18(22)20-17(21-19)15-7-5-12(3)23-15/h4-9H,1-3H3,(H,20,21,22). The van der Waals surface area contributed by atoms with Gasteiger partial charge in [0.15, 0.2) is 11.6 Å². The third-order valence-corrected chi connectivity index (χ3v) is 5.11. The van der Waals surface area contributed by atoms with Crippen molar-refractivity contribution in [2.75, 3.05) is 0 Å². The van der Waals surface area contributed by atoms with Crippen LogP contribution in [-0.4, -0.2) is 9.97 Å². The number of rotatable bonds is 2. The number of H-pyrrole nitrogens is 1. The van der Waals surface area contributed by atoms with Gasteiger partial charge < -0.3 is 9.40 Å². The number of hydrogen-bond acceptors (Lipinski definition) is 4. The topological polar surface area (TPSA) is 58.9 Å². The fourth-order valence-corrected chi connectivity index (χ4v) is 3.70. The van der Waals surface area contributed by atoms with Gasteiger partial charge in [0.25, 0.3) is 5.56 Å². The van der Waals surface area contributed by atoms with Crippen LogP contribution in [0.25, 0.3) is 32.9 Å². The normalized spacial score (nSPS) is 11.3. The lowest BCUT2D eigenvalue weighted by atomic mass is 10.0. The summed E-state index contributed by atoms with van der Waals surface area (Å²) in [6.07, 6.45) is 0. The number of hydrogen-bond donors (Lipinski definition) is 1. The Balaban J connectivity index is 1.91. The highest BCUT2D eigenvalue weighted by atomic mass is 32.1. The molecular formula is C19H16N2O2S. The Kier molecular flexibility index (Phi) is 3.39. The Bertz CT molecular complexity index is 1120. The number of thiophene rings is 1. The van der Waals surface area contributed by atoms with E-state index in [0.717, 1.165) is 21.7 Å². The van der Waals surface area contributed by atoms with Crippen molar-refractivity contribution in [3.63, 3.8) is 0 Å². The first-order chi connectivity index (χ1) is 11.5. The van der Waals surface area contributed by atoms with Crippen LogP contribution in [0.3, 0.4) is 0 Å². The molecule has 4 nitrogen and oxygen atoms in total. The minimum atomic E-state index is -0.140. The molecule has 0 aliphatic rings. The average molecular weight is 336 g/mol. The van der Waals surface area contributed by atoms with Crippen LogP contribution in [-0.2, 0) is 0 Å². The van der Waals surface area contributed by atoms with Crippen LogP contribution in [0.4, 0.5) is 0 Å². The summed E-state index contributed by atoms with van der Waals surface area (Å²) in [7, 11) is 0. The molecule has 0 radical (unpaired) electrons. The lowest BCUT2D eigenvalue weighted by molar-refractivity contribution is 0.544. The van der Waals surface area contributed by atoms with Crippen molar-refractivity contribution >= 4 is 21.6 Å². The molecule has 24 heavy (non-hydrogen) atoms. The van der Waals surface area contributed by atoms with Crippen molar-refractivity contribution in [3.8, 4) is 22.7 Å². The summed E-state index contributed by atoms with van der Waals surface area (Å²) in [6, 6.07) is 9.91. The second kappa shape index (κ2) is 5.46. The molecule has 0 aliphatic carbocycles. The zero-order valence-electron chi connectivity index (χ0n) is 13.6. The van der Waals surface area contributed by atoms with Crippen LogP contribution in [0.15, 0.2) is 44.9 Å². The lowest BCUT2D eigenvalue weighted by Gasteiger charge is -2.04. The molecule has 0 bridgehead atoms. The van der Waals surface area contributed by atoms with Gasteiger partial charge in [-0.05, 0) is 49.6 Å². The highest BCUT2D eigenvalue weighted by molar-refractivity contribution is 7.17. The smallest absolute Gasteiger partial charge is 0.260 e. The van der Waals surface area contributed by atoms with Crippen molar-refractivity contribution in [2.45, 2.75) is 20.8 Å².